The molecular weight excluding hydrogens is 646 g/mol. The summed E-state index contributed by atoms with van der Waals surface area (Å²) in [6.07, 6.45) is 3.49. The summed E-state index contributed by atoms with van der Waals surface area (Å²) in [5.41, 5.74) is 3.60. The molecule has 1 aromatic heterocycles. The van der Waals surface area contributed by atoms with Gasteiger partial charge in [-0.3, -0.25) is 9.36 Å². The second kappa shape index (κ2) is 13.2. The Kier molecular flexibility index (Phi) is 9.35. The fraction of sp³-hybridized carbons (Fsp3) is 0.212. The average molecular weight is 675 g/mol. The Morgan fingerprint density at radius 2 is 1.93 bits per heavy atom. The van der Waals surface area contributed by atoms with E-state index in [1.54, 1.807) is 43.2 Å². The molecule has 0 bridgehead atoms. The van der Waals surface area contributed by atoms with E-state index in [0.717, 1.165) is 21.6 Å². The lowest BCUT2D eigenvalue weighted by Gasteiger charge is -2.25. The van der Waals surface area contributed by atoms with Crippen LogP contribution in [0.5, 0.6) is 5.75 Å². The lowest BCUT2D eigenvalue weighted by molar-refractivity contribution is -0.143. The van der Waals surface area contributed by atoms with Gasteiger partial charge in [0.2, 0.25) is 0 Å². The van der Waals surface area contributed by atoms with Crippen LogP contribution in [-0.4, -0.2) is 22.9 Å². The van der Waals surface area contributed by atoms with E-state index in [0.29, 0.717) is 36.4 Å². The minimum Gasteiger partial charge on any atom is -0.488 e. The maximum atomic E-state index is 13.9. The first-order valence-corrected chi connectivity index (χ1v) is 16.3. The molecule has 218 valence electrons. The van der Waals surface area contributed by atoms with Crippen molar-refractivity contribution >= 4 is 51.1 Å². The predicted molar refractivity (Wildman–Crippen MR) is 173 cm³/mol. The number of benzene rings is 3. The van der Waals surface area contributed by atoms with Crippen LogP contribution in [0.25, 0.3) is 6.08 Å². The number of hydrogen-bond donors (Lipinski definition) is 0. The van der Waals surface area contributed by atoms with Crippen molar-refractivity contribution in [3.05, 3.63) is 124 Å². The second-order valence-electron chi connectivity index (χ2n) is 10.1. The minimum absolute atomic E-state index is 0.241. The predicted octanol–water partition coefficient (Wildman–Crippen LogP) is 6.12. The van der Waals surface area contributed by atoms with Crippen LogP contribution in [0.3, 0.4) is 0 Å². The Balaban J connectivity index is 1.52. The molecule has 5 rings (SSSR count). The number of nitriles is 1. The number of aromatic nitrogens is 1. The van der Waals surface area contributed by atoms with Crippen molar-refractivity contribution in [1.82, 2.24) is 4.57 Å². The maximum absolute atomic E-state index is 13.9. The fourth-order valence-electron chi connectivity index (χ4n) is 4.75. The minimum atomic E-state index is -0.667. The zero-order chi connectivity index (χ0) is 30.7. The van der Waals surface area contributed by atoms with E-state index < -0.39 is 12.0 Å². The van der Waals surface area contributed by atoms with Crippen molar-refractivity contribution in [3.8, 4) is 11.8 Å². The number of ether oxygens (including phenoxy) is 2. The van der Waals surface area contributed by atoms with Gasteiger partial charge in [0.1, 0.15) is 12.4 Å². The number of rotatable bonds is 8. The van der Waals surface area contributed by atoms with Gasteiger partial charge in [-0.15, -0.1) is 11.8 Å². The second-order valence-corrected chi connectivity index (χ2v) is 12.8. The Morgan fingerprint density at radius 1 is 1.19 bits per heavy atom. The SMILES string of the molecule is CSc1ccc([C@H]2C(C(=O)OC(C)C)=C(C)N=c3s/c(=C/c4ccc(OCc5ccccc5C#N)c(Br)c4)c(=O)n32)cc1. The summed E-state index contributed by atoms with van der Waals surface area (Å²) < 4.78 is 14.3. The molecule has 0 aliphatic carbocycles. The summed E-state index contributed by atoms with van der Waals surface area (Å²) >= 11 is 6.48. The average Bonchev–Trinajstić information content (AvgIpc) is 3.29. The van der Waals surface area contributed by atoms with Gasteiger partial charge in [0.25, 0.3) is 5.56 Å². The van der Waals surface area contributed by atoms with Crippen molar-refractivity contribution in [2.75, 3.05) is 6.26 Å². The summed E-state index contributed by atoms with van der Waals surface area (Å²) in [5, 5.41) is 9.34. The van der Waals surface area contributed by atoms with Crippen molar-refractivity contribution in [2.24, 2.45) is 4.99 Å². The molecular formula is C33H28BrN3O4S2. The number of carbonyl (C=O) groups is 1. The first-order chi connectivity index (χ1) is 20.7. The third-order valence-electron chi connectivity index (χ3n) is 6.79. The summed E-state index contributed by atoms with van der Waals surface area (Å²) in [4.78, 5) is 33.5. The van der Waals surface area contributed by atoms with E-state index in [4.69, 9.17) is 9.47 Å². The van der Waals surface area contributed by atoms with E-state index >= 15 is 0 Å². The first kappa shape index (κ1) is 30.5. The van der Waals surface area contributed by atoms with Gasteiger partial charge < -0.3 is 9.47 Å². The molecule has 0 amide bonds. The Hall–Kier alpha value is -3.91. The van der Waals surface area contributed by atoms with Crippen LogP contribution < -0.4 is 19.6 Å². The fourth-order valence-corrected chi connectivity index (χ4v) is 6.71. The van der Waals surface area contributed by atoms with Crippen molar-refractivity contribution in [2.45, 2.75) is 44.4 Å². The Bertz CT molecular complexity index is 1950. The lowest BCUT2D eigenvalue weighted by Crippen LogP contribution is -2.40. The topological polar surface area (TPSA) is 93.7 Å². The normalized spacial score (nSPS) is 14.7. The Morgan fingerprint density at radius 3 is 2.60 bits per heavy atom. The van der Waals surface area contributed by atoms with Gasteiger partial charge >= 0.3 is 5.97 Å². The molecule has 0 saturated carbocycles. The third kappa shape index (κ3) is 6.54. The standard InChI is InChI=1S/C33H28BrN3O4S2/c1-19(2)41-32(39)29-20(3)36-33-37(30(29)22-10-12-25(42-4)13-11-22)31(38)28(43-33)16-21-9-14-27(26(34)15-21)40-18-24-8-6-5-7-23(24)17-35/h5-16,19,30H,18H2,1-4H3/b28-16+/t30-/m0/s1. The molecule has 4 aromatic rings. The molecule has 43 heavy (non-hydrogen) atoms. The summed E-state index contributed by atoms with van der Waals surface area (Å²) in [6, 6.07) is 22.2. The smallest absolute Gasteiger partial charge is 0.338 e. The number of thioether (sulfide) groups is 1. The van der Waals surface area contributed by atoms with Crippen LogP contribution in [0, 0.1) is 11.3 Å². The molecule has 0 fully saturated rings. The number of thiazole rings is 1. The third-order valence-corrected chi connectivity index (χ3v) is 9.14. The number of nitrogens with zero attached hydrogens (tertiary/aromatic N) is 3. The molecule has 1 atom stereocenters. The molecule has 10 heteroatoms. The number of hydrogen-bond acceptors (Lipinski definition) is 8. The zero-order valence-corrected chi connectivity index (χ0v) is 27.2. The first-order valence-electron chi connectivity index (χ1n) is 13.5. The van der Waals surface area contributed by atoms with Gasteiger partial charge in [-0.2, -0.15) is 5.26 Å². The van der Waals surface area contributed by atoms with Crippen LogP contribution in [0.1, 0.15) is 49.1 Å². The van der Waals surface area contributed by atoms with Crippen LogP contribution in [0.4, 0.5) is 0 Å². The Labute approximate surface area is 265 Å². The van der Waals surface area contributed by atoms with Crippen LogP contribution >= 0.6 is 39.0 Å². The molecule has 2 heterocycles. The lowest BCUT2D eigenvalue weighted by atomic mass is 9.96. The van der Waals surface area contributed by atoms with Gasteiger partial charge in [0, 0.05) is 10.5 Å². The summed E-state index contributed by atoms with van der Waals surface area (Å²) in [5.74, 6) is 0.130. The highest BCUT2D eigenvalue weighted by atomic mass is 79.9. The molecule has 1 aliphatic rings. The highest BCUT2D eigenvalue weighted by molar-refractivity contribution is 9.10. The van der Waals surface area contributed by atoms with Gasteiger partial charge in [-0.05, 0) is 90.5 Å². The molecule has 0 spiro atoms. The number of fused-ring (bicyclic) bond motifs is 1. The van der Waals surface area contributed by atoms with Crippen LogP contribution in [0.15, 0.2) is 97.2 Å². The summed E-state index contributed by atoms with van der Waals surface area (Å²) in [6.45, 7) is 5.62. The monoisotopic (exact) mass is 673 g/mol. The molecule has 7 nitrogen and oxygen atoms in total. The highest BCUT2D eigenvalue weighted by Crippen LogP contribution is 2.32. The maximum Gasteiger partial charge on any atom is 0.338 e. The highest BCUT2D eigenvalue weighted by Gasteiger charge is 2.33. The van der Waals surface area contributed by atoms with Crippen molar-refractivity contribution in [1.29, 1.82) is 5.26 Å². The van der Waals surface area contributed by atoms with Gasteiger partial charge in [-0.25, -0.2) is 9.79 Å². The number of carbonyl (C=O) groups excluding carboxylic acids is 1. The van der Waals surface area contributed by atoms with Gasteiger partial charge in [0.05, 0.1) is 44.1 Å². The number of esters is 1. The van der Waals surface area contributed by atoms with E-state index in [-0.39, 0.29) is 18.3 Å². The quantitative estimate of drug-likeness (QED) is 0.165. The number of allylic oxidation sites excluding steroid dienone is 1. The summed E-state index contributed by atoms with van der Waals surface area (Å²) in [7, 11) is 0. The van der Waals surface area contributed by atoms with Gasteiger partial charge in [-0.1, -0.05) is 47.7 Å². The van der Waals surface area contributed by atoms with E-state index in [1.165, 1.54) is 11.3 Å². The van der Waals surface area contributed by atoms with Gasteiger partial charge in [0.15, 0.2) is 4.80 Å². The van der Waals surface area contributed by atoms with Crippen LogP contribution in [-0.2, 0) is 16.1 Å². The molecule has 0 N–H and O–H groups in total. The molecule has 3 aromatic carbocycles. The van der Waals surface area contributed by atoms with Crippen molar-refractivity contribution < 1.29 is 14.3 Å². The zero-order valence-electron chi connectivity index (χ0n) is 24.0. The molecule has 0 saturated heterocycles. The van der Waals surface area contributed by atoms with E-state index in [2.05, 4.69) is 27.0 Å². The van der Waals surface area contributed by atoms with E-state index in [1.807, 2.05) is 73.0 Å². The largest absolute Gasteiger partial charge is 0.488 e. The molecule has 0 radical (unpaired) electrons. The molecule has 0 unspecified atom stereocenters. The van der Waals surface area contributed by atoms with Crippen LogP contribution in [0.2, 0.25) is 0 Å². The number of halogens is 1. The van der Waals surface area contributed by atoms with Crippen molar-refractivity contribution in [3.63, 3.8) is 0 Å². The van der Waals surface area contributed by atoms with E-state index in [9.17, 15) is 14.9 Å². The molecule has 1 aliphatic heterocycles.